The Bertz CT molecular complexity index is 278. The van der Waals surface area contributed by atoms with Gasteiger partial charge in [0.05, 0.1) is 30.6 Å². The first-order valence-corrected chi connectivity index (χ1v) is 4.70. The number of aliphatic hydroxyl groups is 1. The van der Waals surface area contributed by atoms with Crippen molar-refractivity contribution in [1.29, 1.82) is 0 Å². The maximum atomic E-state index is 11.3. The molecule has 6 nitrogen and oxygen atoms in total. The Balaban J connectivity index is 2.28. The van der Waals surface area contributed by atoms with Crippen LogP contribution < -0.4 is 5.32 Å². The average Bonchev–Trinajstić information content (AvgIpc) is 2.67. The van der Waals surface area contributed by atoms with E-state index < -0.39 is 6.10 Å². The van der Waals surface area contributed by atoms with Crippen molar-refractivity contribution in [2.45, 2.75) is 6.10 Å². The Morgan fingerprint density at radius 1 is 1.86 bits per heavy atom. The summed E-state index contributed by atoms with van der Waals surface area (Å²) in [5.74, 6) is -0.339. The van der Waals surface area contributed by atoms with Gasteiger partial charge < -0.3 is 15.2 Å². The van der Waals surface area contributed by atoms with E-state index >= 15 is 0 Å². The number of hydrogen-bond donors (Lipinski definition) is 2. The minimum absolute atomic E-state index is 0.143. The summed E-state index contributed by atoms with van der Waals surface area (Å²) in [6.45, 7) is 0.333. The summed E-state index contributed by atoms with van der Waals surface area (Å²) in [5.41, 5.74) is 0.264. The third-order valence-electron chi connectivity index (χ3n) is 1.45. The zero-order chi connectivity index (χ0) is 10.4. The molecule has 0 fully saturated rings. The summed E-state index contributed by atoms with van der Waals surface area (Å²) in [4.78, 5) is 11.3. The molecule has 0 aliphatic rings. The molecule has 1 rings (SSSR count). The minimum Gasteiger partial charge on any atom is -0.389 e. The molecule has 0 radical (unpaired) electrons. The molecule has 0 bridgehead atoms. The number of carbonyl (C=O) groups is 1. The molecule has 1 amide bonds. The van der Waals surface area contributed by atoms with Crippen LogP contribution in [0.15, 0.2) is 6.20 Å². The third kappa shape index (κ3) is 3.36. The Hall–Kier alpha value is -1.05. The lowest BCUT2D eigenvalue weighted by Crippen LogP contribution is -2.34. The lowest BCUT2D eigenvalue weighted by atomic mass is 10.3. The molecule has 7 heteroatoms. The number of rotatable bonds is 5. The van der Waals surface area contributed by atoms with Gasteiger partial charge in [0.2, 0.25) is 0 Å². The second kappa shape index (κ2) is 5.63. The van der Waals surface area contributed by atoms with Crippen LogP contribution in [-0.4, -0.2) is 46.1 Å². The predicted molar refractivity (Wildman–Crippen MR) is 50.1 cm³/mol. The molecule has 1 unspecified atom stereocenters. The highest BCUT2D eigenvalue weighted by atomic mass is 32.1. The molecule has 0 saturated carbocycles. The van der Waals surface area contributed by atoms with E-state index in [-0.39, 0.29) is 24.8 Å². The highest BCUT2D eigenvalue weighted by molar-refractivity contribution is 6.99. The van der Waals surface area contributed by atoms with Crippen molar-refractivity contribution in [3.05, 3.63) is 11.9 Å². The van der Waals surface area contributed by atoms with Gasteiger partial charge in [0.25, 0.3) is 5.91 Å². The molecule has 1 atom stereocenters. The maximum absolute atomic E-state index is 11.3. The van der Waals surface area contributed by atoms with E-state index in [1.807, 2.05) is 0 Å². The SMILES string of the molecule is COCC(O)CNC(=O)c1cnsn1. The number of aliphatic hydroxyl groups excluding tert-OH is 1. The maximum Gasteiger partial charge on any atom is 0.272 e. The van der Waals surface area contributed by atoms with Crippen LogP contribution in [0.2, 0.25) is 0 Å². The van der Waals surface area contributed by atoms with Gasteiger partial charge in [-0.15, -0.1) is 0 Å². The number of amides is 1. The van der Waals surface area contributed by atoms with Crippen molar-refractivity contribution >= 4 is 17.6 Å². The van der Waals surface area contributed by atoms with E-state index in [4.69, 9.17) is 4.74 Å². The van der Waals surface area contributed by atoms with Crippen molar-refractivity contribution in [1.82, 2.24) is 14.1 Å². The highest BCUT2D eigenvalue weighted by Gasteiger charge is 2.10. The first kappa shape index (κ1) is 11.0. The van der Waals surface area contributed by atoms with Crippen LogP contribution in [0.1, 0.15) is 10.5 Å². The predicted octanol–water partition coefficient (Wildman–Crippen LogP) is -0.725. The van der Waals surface area contributed by atoms with E-state index in [1.54, 1.807) is 0 Å². The molecular formula is C7H11N3O3S. The molecule has 0 aromatic carbocycles. The molecular weight excluding hydrogens is 206 g/mol. The summed E-state index contributed by atoms with van der Waals surface area (Å²) in [7, 11) is 1.48. The Labute approximate surface area is 85.2 Å². The lowest BCUT2D eigenvalue weighted by molar-refractivity contribution is 0.0609. The van der Waals surface area contributed by atoms with Crippen LogP contribution in [-0.2, 0) is 4.74 Å². The van der Waals surface area contributed by atoms with Crippen LogP contribution >= 0.6 is 11.7 Å². The quantitative estimate of drug-likeness (QED) is 0.679. The topological polar surface area (TPSA) is 84.3 Å². The minimum atomic E-state index is -0.699. The van der Waals surface area contributed by atoms with Crippen molar-refractivity contribution in [3.63, 3.8) is 0 Å². The van der Waals surface area contributed by atoms with E-state index in [2.05, 4.69) is 14.1 Å². The number of ether oxygens (including phenoxy) is 1. The number of aromatic nitrogens is 2. The standard InChI is InChI=1S/C7H11N3O3S/c1-13-4-5(11)2-8-7(12)6-3-9-14-10-6/h3,5,11H,2,4H2,1H3,(H,8,12). The monoisotopic (exact) mass is 217 g/mol. The number of nitrogens with zero attached hydrogens (tertiary/aromatic N) is 2. The van der Waals surface area contributed by atoms with Crippen LogP contribution in [0.25, 0.3) is 0 Å². The summed E-state index contributed by atoms with van der Waals surface area (Å²) < 4.78 is 12.1. The smallest absolute Gasteiger partial charge is 0.272 e. The summed E-state index contributed by atoms with van der Waals surface area (Å²) >= 11 is 0.964. The Kier molecular flexibility index (Phi) is 4.44. The zero-order valence-electron chi connectivity index (χ0n) is 7.64. The first-order valence-electron chi connectivity index (χ1n) is 3.96. The molecule has 1 aromatic heterocycles. The van der Waals surface area contributed by atoms with Crippen LogP contribution in [0, 0.1) is 0 Å². The Morgan fingerprint density at radius 2 is 2.64 bits per heavy atom. The van der Waals surface area contributed by atoms with Crippen molar-refractivity contribution in [2.75, 3.05) is 20.3 Å². The fraction of sp³-hybridized carbons (Fsp3) is 0.571. The van der Waals surface area contributed by atoms with Gasteiger partial charge in [-0.1, -0.05) is 0 Å². The molecule has 0 spiro atoms. The van der Waals surface area contributed by atoms with Crippen molar-refractivity contribution in [3.8, 4) is 0 Å². The Morgan fingerprint density at radius 3 is 3.21 bits per heavy atom. The van der Waals surface area contributed by atoms with Crippen molar-refractivity contribution in [2.24, 2.45) is 0 Å². The van der Waals surface area contributed by atoms with Gasteiger partial charge >= 0.3 is 0 Å². The van der Waals surface area contributed by atoms with Gasteiger partial charge in [-0.25, -0.2) is 0 Å². The number of methoxy groups -OCH3 is 1. The highest BCUT2D eigenvalue weighted by Crippen LogP contribution is 1.94. The van der Waals surface area contributed by atoms with Crippen LogP contribution in [0.5, 0.6) is 0 Å². The van der Waals surface area contributed by atoms with Gasteiger partial charge in [0, 0.05) is 13.7 Å². The average molecular weight is 217 g/mol. The zero-order valence-corrected chi connectivity index (χ0v) is 8.45. The van der Waals surface area contributed by atoms with E-state index in [0.29, 0.717) is 0 Å². The summed E-state index contributed by atoms with van der Waals surface area (Å²) in [6, 6.07) is 0. The number of carbonyl (C=O) groups excluding carboxylic acids is 1. The lowest BCUT2D eigenvalue weighted by Gasteiger charge is -2.09. The summed E-state index contributed by atoms with van der Waals surface area (Å²) in [5, 5.41) is 11.7. The largest absolute Gasteiger partial charge is 0.389 e. The molecule has 0 aliphatic carbocycles. The van der Waals surface area contributed by atoms with Gasteiger partial charge in [-0.3, -0.25) is 4.79 Å². The molecule has 14 heavy (non-hydrogen) atoms. The molecule has 0 saturated heterocycles. The van der Waals surface area contributed by atoms with Crippen LogP contribution in [0.3, 0.4) is 0 Å². The number of nitrogens with one attached hydrogen (secondary N) is 1. The number of hydrogen-bond acceptors (Lipinski definition) is 6. The molecule has 1 heterocycles. The van der Waals surface area contributed by atoms with Crippen molar-refractivity contribution < 1.29 is 14.6 Å². The van der Waals surface area contributed by atoms with E-state index in [0.717, 1.165) is 11.7 Å². The first-order chi connectivity index (χ1) is 6.74. The normalized spacial score (nSPS) is 12.4. The van der Waals surface area contributed by atoms with Gasteiger partial charge in [0.15, 0.2) is 5.69 Å². The fourth-order valence-electron chi connectivity index (χ4n) is 0.817. The molecule has 0 aliphatic heterocycles. The van der Waals surface area contributed by atoms with Crippen LogP contribution in [0.4, 0.5) is 0 Å². The van der Waals surface area contributed by atoms with E-state index in [9.17, 15) is 9.90 Å². The van der Waals surface area contributed by atoms with Gasteiger partial charge in [-0.2, -0.15) is 8.75 Å². The summed E-state index contributed by atoms with van der Waals surface area (Å²) in [6.07, 6.45) is 0.679. The second-order valence-corrected chi connectivity index (χ2v) is 3.17. The molecule has 2 N–H and O–H groups in total. The molecule has 78 valence electrons. The van der Waals surface area contributed by atoms with Gasteiger partial charge in [0.1, 0.15) is 0 Å². The fourth-order valence-corrected chi connectivity index (χ4v) is 1.23. The third-order valence-corrected chi connectivity index (χ3v) is 1.93. The van der Waals surface area contributed by atoms with Gasteiger partial charge in [-0.05, 0) is 0 Å². The second-order valence-electron chi connectivity index (χ2n) is 2.61. The van der Waals surface area contributed by atoms with E-state index in [1.165, 1.54) is 13.3 Å². The molecule has 1 aromatic rings.